The average Bonchev–Trinajstić information content (AvgIpc) is 2.77. The molecule has 154 valence electrons. The highest BCUT2D eigenvalue weighted by Gasteiger charge is 2.17. The van der Waals surface area contributed by atoms with E-state index in [-0.39, 0.29) is 18.4 Å². The second-order valence-electron chi connectivity index (χ2n) is 7.13. The van der Waals surface area contributed by atoms with Gasteiger partial charge in [-0.15, -0.1) is 0 Å². The van der Waals surface area contributed by atoms with Gasteiger partial charge >= 0.3 is 0 Å². The number of carbonyl (C=O) groups is 2. The maximum Gasteiger partial charge on any atom is 0.260 e. The molecule has 2 amide bonds. The maximum absolute atomic E-state index is 12.4. The fourth-order valence-corrected chi connectivity index (χ4v) is 3.25. The van der Waals surface area contributed by atoms with Crippen LogP contribution in [0, 0.1) is 6.92 Å². The van der Waals surface area contributed by atoms with Crippen LogP contribution in [0.3, 0.4) is 0 Å². The summed E-state index contributed by atoms with van der Waals surface area (Å²) in [5, 5.41) is 6.16. The van der Waals surface area contributed by atoms with Crippen LogP contribution in [0.5, 0.6) is 5.75 Å². The smallest absolute Gasteiger partial charge is 0.260 e. The van der Waals surface area contributed by atoms with Crippen molar-refractivity contribution in [2.75, 3.05) is 38.1 Å². The van der Waals surface area contributed by atoms with Crippen LogP contribution in [0.1, 0.15) is 35.2 Å². The number of anilines is 1. The van der Waals surface area contributed by atoms with Gasteiger partial charge in [0.2, 0.25) is 0 Å². The number of piperidine rings is 1. The Morgan fingerprint density at radius 2 is 1.97 bits per heavy atom. The fourth-order valence-electron chi connectivity index (χ4n) is 3.25. The van der Waals surface area contributed by atoms with Crippen molar-refractivity contribution in [3.8, 4) is 5.75 Å². The topological polar surface area (TPSA) is 83.6 Å². The molecule has 0 unspecified atom stereocenters. The molecule has 2 heterocycles. The molecule has 0 bridgehead atoms. The minimum atomic E-state index is -0.175. The van der Waals surface area contributed by atoms with Gasteiger partial charge in [0.25, 0.3) is 11.8 Å². The number of nitrogens with one attached hydrogen (secondary N) is 2. The van der Waals surface area contributed by atoms with E-state index in [0.29, 0.717) is 24.4 Å². The zero-order chi connectivity index (χ0) is 20.5. The number of carbonyl (C=O) groups excluding carboxylic acids is 2. The Bertz CT molecular complexity index is 834. The number of amides is 2. The molecule has 7 nitrogen and oxygen atoms in total. The molecule has 3 rings (SSSR count). The Morgan fingerprint density at radius 1 is 1.14 bits per heavy atom. The number of aryl methyl sites for hydroxylation is 1. The second kappa shape index (κ2) is 10.5. The third kappa shape index (κ3) is 6.20. The van der Waals surface area contributed by atoms with Gasteiger partial charge in [0.05, 0.1) is 0 Å². The molecule has 0 saturated carbocycles. The SMILES string of the molecule is Cc1cnccc1NCCNC(=O)c1cccc(OCC(=O)N2CCCCC2)c1. The van der Waals surface area contributed by atoms with Crippen LogP contribution in [0.4, 0.5) is 5.69 Å². The van der Waals surface area contributed by atoms with E-state index in [9.17, 15) is 9.59 Å². The summed E-state index contributed by atoms with van der Waals surface area (Å²) >= 11 is 0. The first kappa shape index (κ1) is 20.6. The zero-order valence-electron chi connectivity index (χ0n) is 16.8. The molecule has 1 aromatic carbocycles. The lowest BCUT2D eigenvalue weighted by molar-refractivity contribution is -0.134. The van der Waals surface area contributed by atoms with E-state index in [2.05, 4.69) is 15.6 Å². The molecule has 1 fully saturated rings. The van der Waals surface area contributed by atoms with Crippen molar-refractivity contribution in [2.45, 2.75) is 26.2 Å². The molecule has 0 spiro atoms. The number of pyridine rings is 1. The summed E-state index contributed by atoms with van der Waals surface area (Å²) in [5.74, 6) is 0.344. The van der Waals surface area contributed by atoms with Gasteiger partial charge in [0, 0.05) is 49.8 Å². The quantitative estimate of drug-likeness (QED) is 0.670. The third-order valence-electron chi connectivity index (χ3n) is 4.91. The van der Waals surface area contributed by atoms with E-state index in [4.69, 9.17) is 4.74 Å². The van der Waals surface area contributed by atoms with Crippen LogP contribution in [0.15, 0.2) is 42.7 Å². The van der Waals surface area contributed by atoms with Gasteiger partial charge in [-0.25, -0.2) is 0 Å². The molecule has 1 aliphatic rings. The Morgan fingerprint density at radius 3 is 2.76 bits per heavy atom. The van der Waals surface area contributed by atoms with E-state index in [1.54, 1.807) is 36.7 Å². The van der Waals surface area contributed by atoms with Crippen LogP contribution in [-0.4, -0.2) is 54.5 Å². The number of likely N-dealkylation sites (tertiary alicyclic amines) is 1. The highest BCUT2D eigenvalue weighted by atomic mass is 16.5. The first-order valence-electron chi connectivity index (χ1n) is 10.1. The van der Waals surface area contributed by atoms with Crippen LogP contribution >= 0.6 is 0 Å². The van der Waals surface area contributed by atoms with E-state index in [1.165, 1.54) is 6.42 Å². The zero-order valence-corrected chi connectivity index (χ0v) is 16.8. The third-order valence-corrected chi connectivity index (χ3v) is 4.91. The Labute approximate surface area is 171 Å². The van der Waals surface area contributed by atoms with E-state index >= 15 is 0 Å². The summed E-state index contributed by atoms with van der Waals surface area (Å²) < 4.78 is 5.62. The van der Waals surface area contributed by atoms with Gasteiger partial charge < -0.3 is 20.3 Å². The molecule has 29 heavy (non-hydrogen) atoms. The lowest BCUT2D eigenvalue weighted by atomic mass is 10.1. The van der Waals surface area contributed by atoms with E-state index in [1.807, 2.05) is 17.9 Å². The maximum atomic E-state index is 12.4. The average molecular weight is 396 g/mol. The van der Waals surface area contributed by atoms with Crippen molar-refractivity contribution in [3.63, 3.8) is 0 Å². The lowest BCUT2D eigenvalue weighted by Crippen LogP contribution is -2.38. The van der Waals surface area contributed by atoms with Crippen molar-refractivity contribution >= 4 is 17.5 Å². The standard InChI is InChI=1S/C22H28N4O3/c1-17-15-23-9-8-20(17)24-10-11-25-22(28)18-6-5-7-19(14-18)29-16-21(27)26-12-3-2-4-13-26/h5-9,14-15H,2-4,10-13,16H2,1H3,(H,23,24)(H,25,28). The largest absolute Gasteiger partial charge is 0.484 e. The Balaban J connectivity index is 1.43. The minimum absolute atomic E-state index is 0.000274. The van der Waals surface area contributed by atoms with Gasteiger partial charge in [-0.3, -0.25) is 14.6 Å². The first-order valence-corrected chi connectivity index (χ1v) is 10.1. The van der Waals surface area contributed by atoms with Gasteiger partial charge in [-0.2, -0.15) is 0 Å². The molecule has 7 heteroatoms. The van der Waals surface area contributed by atoms with Crippen molar-refractivity contribution in [3.05, 3.63) is 53.9 Å². The number of hydrogen-bond donors (Lipinski definition) is 2. The molecule has 0 radical (unpaired) electrons. The summed E-state index contributed by atoms with van der Waals surface area (Å²) in [5.41, 5.74) is 2.57. The van der Waals surface area contributed by atoms with Gasteiger partial charge in [0.1, 0.15) is 5.75 Å². The van der Waals surface area contributed by atoms with Crippen molar-refractivity contribution < 1.29 is 14.3 Å². The highest BCUT2D eigenvalue weighted by Crippen LogP contribution is 2.15. The van der Waals surface area contributed by atoms with E-state index in [0.717, 1.165) is 37.2 Å². The molecular formula is C22H28N4O3. The predicted molar refractivity (Wildman–Crippen MR) is 112 cm³/mol. The normalized spacial score (nSPS) is 13.6. The molecule has 1 aliphatic heterocycles. The number of aromatic nitrogens is 1. The van der Waals surface area contributed by atoms with Gasteiger partial charge in [-0.05, 0) is 56.0 Å². The number of ether oxygens (including phenoxy) is 1. The summed E-state index contributed by atoms with van der Waals surface area (Å²) in [6.45, 7) is 4.68. The summed E-state index contributed by atoms with van der Waals surface area (Å²) in [4.78, 5) is 30.5. The first-order chi connectivity index (χ1) is 14.1. The summed E-state index contributed by atoms with van der Waals surface area (Å²) in [7, 11) is 0. The summed E-state index contributed by atoms with van der Waals surface area (Å²) in [6, 6.07) is 8.82. The van der Waals surface area contributed by atoms with Crippen molar-refractivity contribution in [1.82, 2.24) is 15.2 Å². The lowest BCUT2D eigenvalue weighted by Gasteiger charge is -2.26. The summed E-state index contributed by atoms with van der Waals surface area (Å²) in [6.07, 6.45) is 6.81. The van der Waals surface area contributed by atoms with Gasteiger partial charge in [0.15, 0.2) is 6.61 Å². The van der Waals surface area contributed by atoms with Crippen LogP contribution in [-0.2, 0) is 4.79 Å². The van der Waals surface area contributed by atoms with E-state index < -0.39 is 0 Å². The second-order valence-corrected chi connectivity index (χ2v) is 7.13. The predicted octanol–water partition coefficient (Wildman–Crippen LogP) is 2.62. The number of hydrogen-bond acceptors (Lipinski definition) is 5. The number of nitrogens with zero attached hydrogens (tertiary/aromatic N) is 2. The fraction of sp³-hybridized carbons (Fsp3) is 0.409. The molecule has 2 aromatic rings. The van der Waals surface area contributed by atoms with Crippen molar-refractivity contribution in [2.24, 2.45) is 0 Å². The number of rotatable bonds is 8. The van der Waals surface area contributed by atoms with Crippen LogP contribution in [0.2, 0.25) is 0 Å². The molecule has 2 N–H and O–H groups in total. The molecule has 1 aromatic heterocycles. The minimum Gasteiger partial charge on any atom is -0.484 e. The molecule has 0 atom stereocenters. The molecular weight excluding hydrogens is 368 g/mol. The van der Waals surface area contributed by atoms with Gasteiger partial charge in [-0.1, -0.05) is 6.07 Å². The Hall–Kier alpha value is -3.09. The van der Waals surface area contributed by atoms with Crippen LogP contribution < -0.4 is 15.4 Å². The number of benzene rings is 1. The monoisotopic (exact) mass is 396 g/mol. The van der Waals surface area contributed by atoms with Crippen LogP contribution in [0.25, 0.3) is 0 Å². The molecule has 0 aliphatic carbocycles. The Kier molecular flexibility index (Phi) is 7.44. The van der Waals surface area contributed by atoms with Crippen molar-refractivity contribution in [1.29, 1.82) is 0 Å². The molecule has 1 saturated heterocycles. The highest BCUT2D eigenvalue weighted by molar-refractivity contribution is 5.94.